The Balaban J connectivity index is 1.16. The van der Waals surface area contributed by atoms with Crippen molar-refractivity contribution in [3.8, 4) is 0 Å². The van der Waals surface area contributed by atoms with E-state index < -0.39 is 28.4 Å². The molecule has 0 aromatic heterocycles. The second kappa shape index (κ2) is 13.6. The topological polar surface area (TPSA) is 155 Å². The number of ether oxygens (including phenoxy) is 3. The van der Waals surface area contributed by atoms with Gasteiger partial charge in [0.1, 0.15) is 6.54 Å². The third kappa shape index (κ3) is 7.14. The van der Waals surface area contributed by atoms with Gasteiger partial charge in [0.15, 0.2) is 6.04 Å². The Labute approximate surface area is 222 Å². The summed E-state index contributed by atoms with van der Waals surface area (Å²) in [7, 11) is 0. The van der Waals surface area contributed by atoms with Crippen LogP contribution in [0, 0.1) is 5.21 Å². The third-order valence-corrected chi connectivity index (χ3v) is 7.31. The van der Waals surface area contributed by atoms with E-state index in [1.807, 2.05) is 12.1 Å². The van der Waals surface area contributed by atoms with E-state index in [1.54, 1.807) is 6.07 Å². The molecule has 3 aliphatic rings. The predicted octanol–water partition coefficient (Wildman–Crippen LogP) is 0.345. The number of hydroxylamine groups is 3. The molecule has 1 aromatic carbocycles. The number of piperidine rings is 2. The maximum Gasteiger partial charge on any atom is 0.347 e. The molecule has 210 valence electrons. The summed E-state index contributed by atoms with van der Waals surface area (Å²) in [4.78, 5) is 39.1. The van der Waals surface area contributed by atoms with Gasteiger partial charge in [-0.2, -0.15) is 0 Å². The van der Waals surface area contributed by atoms with Crippen molar-refractivity contribution in [3.05, 3.63) is 34.5 Å². The van der Waals surface area contributed by atoms with Crippen molar-refractivity contribution in [2.45, 2.75) is 44.3 Å². The van der Waals surface area contributed by atoms with E-state index >= 15 is 0 Å². The first-order valence-electron chi connectivity index (χ1n) is 13.4. The van der Waals surface area contributed by atoms with Crippen LogP contribution in [0.4, 0.5) is 5.69 Å². The molecule has 12 nitrogen and oxygen atoms in total. The zero-order chi connectivity index (χ0) is 27.0. The first-order chi connectivity index (χ1) is 18.4. The number of benzene rings is 1. The van der Waals surface area contributed by atoms with E-state index in [4.69, 9.17) is 19.9 Å². The van der Waals surface area contributed by atoms with Gasteiger partial charge in [0.25, 0.3) is 5.91 Å². The summed E-state index contributed by atoms with van der Waals surface area (Å²) < 4.78 is 15.1. The molecule has 2 atom stereocenters. The number of hydrogen-bond acceptors (Lipinski definition) is 10. The molecule has 1 aromatic rings. The standard InChI is InChI=1S/C26H39N5O7/c27-7-11-36-13-15-38-16-14-37-12-10-30-8-5-20(6-9-30)28-21-1-2-22-19(17-21)18-31(35,26(22)34)23-3-4-24(32)29-25(23)33/h1-2,17,20,23,28H,3-16,18,27H2,(H,29,32,33). The van der Waals surface area contributed by atoms with Crippen molar-refractivity contribution in [3.63, 3.8) is 0 Å². The summed E-state index contributed by atoms with van der Waals surface area (Å²) in [6, 6.07) is 4.55. The van der Waals surface area contributed by atoms with Crippen LogP contribution in [0.2, 0.25) is 0 Å². The van der Waals surface area contributed by atoms with Gasteiger partial charge in [0.2, 0.25) is 5.91 Å². The van der Waals surface area contributed by atoms with Gasteiger partial charge in [-0.1, -0.05) is 0 Å². The normalized spacial score (nSPS) is 24.5. The quantitative estimate of drug-likeness (QED) is 0.132. The van der Waals surface area contributed by atoms with Crippen LogP contribution in [0.25, 0.3) is 0 Å². The van der Waals surface area contributed by atoms with Crippen molar-refractivity contribution in [2.75, 3.05) is 71.1 Å². The number of rotatable bonds is 14. The minimum atomic E-state index is -1.26. The van der Waals surface area contributed by atoms with Gasteiger partial charge in [0, 0.05) is 56.3 Å². The highest BCUT2D eigenvalue weighted by atomic mass is 16.6. The second-order valence-corrected chi connectivity index (χ2v) is 9.98. The maximum atomic E-state index is 13.5. The van der Waals surface area contributed by atoms with E-state index in [9.17, 15) is 19.6 Å². The number of carbonyl (C=O) groups is 3. The molecule has 4 rings (SSSR count). The zero-order valence-electron chi connectivity index (χ0n) is 21.8. The molecule has 0 radical (unpaired) electrons. The second-order valence-electron chi connectivity index (χ2n) is 9.98. The molecule has 12 heteroatoms. The fourth-order valence-corrected chi connectivity index (χ4v) is 5.24. The van der Waals surface area contributed by atoms with Crippen LogP contribution in [0.15, 0.2) is 18.2 Å². The number of imide groups is 1. The number of quaternary nitrogens is 1. The third-order valence-electron chi connectivity index (χ3n) is 7.31. The molecule has 3 aliphatic heterocycles. The van der Waals surface area contributed by atoms with E-state index in [2.05, 4.69) is 15.5 Å². The van der Waals surface area contributed by atoms with Crippen molar-refractivity contribution < 1.29 is 33.2 Å². The number of nitrogens with two attached hydrogens (primary N) is 1. The summed E-state index contributed by atoms with van der Waals surface area (Å²) in [6.45, 7) is 6.60. The molecular weight excluding hydrogens is 494 g/mol. The molecule has 38 heavy (non-hydrogen) atoms. The number of nitrogens with one attached hydrogen (secondary N) is 2. The summed E-state index contributed by atoms with van der Waals surface area (Å²) in [6.07, 6.45) is 2.10. The Hall–Kier alpha value is -2.45. The molecule has 0 saturated carbocycles. The molecule has 0 aliphatic carbocycles. The molecule has 2 saturated heterocycles. The first kappa shape index (κ1) is 28.6. The van der Waals surface area contributed by atoms with Gasteiger partial charge in [-0.3, -0.25) is 19.6 Å². The zero-order valence-corrected chi connectivity index (χ0v) is 21.8. The average molecular weight is 534 g/mol. The van der Waals surface area contributed by atoms with Gasteiger partial charge in [0.05, 0.1) is 45.2 Å². The van der Waals surface area contributed by atoms with Crippen LogP contribution in [-0.4, -0.2) is 105 Å². The van der Waals surface area contributed by atoms with Gasteiger partial charge in [-0.05, 0) is 31.0 Å². The number of anilines is 1. The van der Waals surface area contributed by atoms with Crippen LogP contribution in [-0.2, 0) is 30.3 Å². The largest absolute Gasteiger partial charge is 0.624 e. The van der Waals surface area contributed by atoms with E-state index in [0.717, 1.165) is 38.2 Å². The summed E-state index contributed by atoms with van der Waals surface area (Å²) in [5, 5.41) is 19.2. The average Bonchev–Trinajstić information content (AvgIpc) is 3.15. The van der Waals surface area contributed by atoms with Crippen molar-refractivity contribution in [1.29, 1.82) is 0 Å². The number of likely N-dealkylation sites (tertiary alicyclic amines) is 1. The Morgan fingerprint density at radius 3 is 2.37 bits per heavy atom. The lowest BCUT2D eigenvalue weighted by atomic mass is 10.0. The molecular formula is C26H39N5O7. The van der Waals surface area contributed by atoms with Crippen LogP contribution in [0.3, 0.4) is 0 Å². The highest BCUT2D eigenvalue weighted by Crippen LogP contribution is 2.36. The number of hydrogen-bond donors (Lipinski definition) is 3. The van der Waals surface area contributed by atoms with E-state index in [-0.39, 0.29) is 19.4 Å². The van der Waals surface area contributed by atoms with Crippen LogP contribution in [0.1, 0.15) is 41.6 Å². The number of amides is 3. The molecule has 3 heterocycles. The van der Waals surface area contributed by atoms with Crippen LogP contribution < -0.4 is 16.4 Å². The maximum absolute atomic E-state index is 13.5. The molecule has 4 N–H and O–H groups in total. The summed E-state index contributed by atoms with van der Waals surface area (Å²) >= 11 is 0. The Bertz CT molecular complexity index is 985. The lowest BCUT2D eigenvalue weighted by Gasteiger charge is -2.42. The van der Waals surface area contributed by atoms with Gasteiger partial charge < -0.3 is 35.4 Å². The molecule has 2 unspecified atom stereocenters. The van der Waals surface area contributed by atoms with Crippen LogP contribution in [0.5, 0.6) is 0 Å². The van der Waals surface area contributed by atoms with Crippen molar-refractivity contribution >= 4 is 23.4 Å². The fraction of sp³-hybridized carbons (Fsp3) is 0.654. The number of carbonyl (C=O) groups excluding carboxylic acids is 3. The lowest BCUT2D eigenvalue weighted by Crippen LogP contribution is -2.60. The van der Waals surface area contributed by atoms with Crippen molar-refractivity contribution in [1.82, 2.24) is 10.2 Å². The van der Waals surface area contributed by atoms with Gasteiger partial charge in [-0.25, -0.2) is 4.79 Å². The smallest absolute Gasteiger partial charge is 0.347 e. The van der Waals surface area contributed by atoms with E-state index in [0.29, 0.717) is 63.4 Å². The van der Waals surface area contributed by atoms with Gasteiger partial charge >= 0.3 is 5.91 Å². The molecule has 0 bridgehead atoms. The molecule has 0 spiro atoms. The minimum Gasteiger partial charge on any atom is -0.624 e. The SMILES string of the molecule is NCCOCCOCCOCCN1CCC(Nc2ccc3c(c2)C[N+]([O-])(C2CCC(=O)NC2=O)C3=O)CC1. The predicted molar refractivity (Wildman–Crippen MR) is 139 cm³/mol. The first-order valence-corrected chi connectivity index (χ1v) is 13.4. The Morgan fingerprint density at radius 1 is 1.00 bits per heavy atom. The highest BCUT2D eigenvalue weighted by Gasteiger charge is 2.49. The Morgan fingerprint density at radius 2 is 1.68 bits per heavy atom. The number of fused-ring (bicyclic) bond motifs is 1. The minimum absolute atomic E-state index is 0.0696. The highest BCUT2D eigenvalue weighted by molar-refractivity contribution is 6.02. The fourth-order valence-electron chi connectivity index (χ4n) is 5.24. The molecule has 2 fully saturated rings. The monoisotopic (exact) mass is 533 g/mol. The number of nitrogens with zero attached hydrogens (tertiary/aromatic N) is 2. The summed E-state index contributed by atoms with van der Waals surface area (Å²) in [5.74, 6) is -1.68. The van der Waals surface area contributed by atoms with E-state index in [1.165, 1.54) is 0 Å². The Kier molecular flexibility index (Phi) is 10.2. The van der Waals surface area contributed by atoms with Crippen molar-refractivity contribution in [2.24, 2.45) is 5.73 Å². The van der Waals surface area contributed by atoms with Gasteiger partial charge in [-0.15, -0.1) is 0 Å². The molecule has 3 amide bonds. The lowest BCUT2D eigenvalue weighted by molar-refractivity contribution is -0.825. The van der Waals surface area contributed by atoms with Crippen LogP contribution >= 0.6 is 0 Å². The summed E-state index contributed by atoms with van der Waals surface area (Å²) in [5.41, 5.74) is 7.22.